The second kappa shape index (κ2) is 5.47. The number of hydrogen-bond acceptors (Lipinski definition) is 2. The summed E-state index contributed by atoms with van der Waals surface area (Å²) in [6.07, 6.45) is 0. The Balaban J connectivity index is 2.28. The average molecular weight is 257 g/mol. The van der Waals surface area contributed by atoms with Crippen molar-refractivity contribution in [3.8, 4) is 11.3 Å². The van der Waals surface area contributed by atoms with Crippen LogP contribution in [0, 0.1) is 26.7 Å². The fourth-order valence-corrected chi connectivity index (χ4v) is 2.45. The molecule has 0 unspecified atom stereocenters. The van der Waals surface area contributed by atoms with Crippen LogP contribution in [0.2, 0.25) is 0 Å². The lowest BCUT2D eigenvalue weighted by Crippen LogP contribution is -2.07. The van der Waals surface area contributed by atoms with Gasteiger partial charge in [0, 0.05) is 18.2 Å². The molecule has 0 fully saturated rings. The largest absolute Gasteiger partial charge is 0.368 e. The molecule has 0 atom stereocenters. The molecule has 0 aliphatic heterocycles. The molecule has 102 valence electrons. The molecule has 1 aromatic heterocycles. The number of nitrogens with zero attached hydrogens (tertiary/aromatic N) is 1. The van der Waals surface area contributed by atoms with Crippen LogP contribution in [0.1, 0.15) is 30.5 Å². The predicted octanol–water partition coefficient (Wildman–Crippen LogP) is 4.07. The highest BCUT2D eigenvalue weighted by Gasteiger charge is 2.10. The molecule has 2 N–H and O–H groups in total. The Morgan fingerprint density at radius 3 is 2.32 bits per heavy atom. The van der Waals surface area contributed by atoms with Gasteiger partial charge in [-0.15, -0.1) is 0 Å². The maximum atomic E-state index is 4.33. The van der Waals surface area contributed by atoms with E-state index in [9.17, 15) is 0 Å². The van der Waals surface area contributed by atoms with Crippen molar-refractivity contribution in [1.29, 1.82) is 0 Å². The maximum Gasteiger partial charge on any atom is 0.148 e. The zero-order valence-corrected chi connectivity index (χ0v) is 12.5. The van der Waals surface area contributed by atoms with E-state index in [1.807, 2.05) is 0 Å². The number of aromatic nitrogens is 2. The van der Waals surface area contributed by atoms with Crippen LogP contribution in [-0.2, 0) is 0 Å². The molecule has 0 amide bonds. The Morgan fingerprint density at radius 1 is 1.11 bits per heavy atom. The van der Waals surface area contributed by atoms with Gasteiger partial charge in [0.1, 0.15) is 5.82 Å². The summed E-state index contributed by atoms with van der Waals surface area (Å²) in [5.41, 5.74) is 6.22. The number of hydrogen-bond donors (Lipinski definition) is 2. The third-order valence-electron chi connectivity index (χ3n) is 3.22. The van der Waals surface area contributed by atoms with E-state index in [1.54, 1.807) is 0 Å². The highest BCUT2D eigenvalue weighted by molar-refractivity contribution is 5.70. The number of rotatable bonds is 4. The first-order valence-electron chi connectivity index (χ1n) is 6.85. The third kappa shape index (κ3) is 3.16. The molecule has 0 bridgehead atoms. The van der Waals surface area contributed by atoms with Gasteiger partial charge in [0.05, 0.1) is 5.69 Å². The van der Waals surface area contributed by atoms with Crippen molar-refractivity contribution in [1.82, 2.24) is 10.2 Å². The van der Waals surface area contributed by atoms with E-state index in [2.05, 4.69) is 68.3 Å². The van der Waals surface area contributed by atoms with E-state index in [0.717, 1.165) is 18.1 Å². The summed E-state index contributed by atoms with van der Waals surface area (Å²) in [4.78, 5) is 0. The molecule has 0 aliphatic rings. The summed E-state index contributed by atoms with van der Waals surface area (Å²) in [5.74, 6) is 1.53. The van der Waals surface area contributed by atoms with Gasteiger partial charge in [-0.1, -0.05) is 31.5 Å². The van der Waals surface area contributed by atoms with Crippen LogP contribution in [0.25, 0.3) is 11.3 Å². The summed E-state index contributed by atoms with van der Waals surface area (Å²) < 4.78 is 0. The van der Waals surface area contributed by atoms with E-state index in [0.29, 0.717) is 5.92 Å². The van der Waals surface area contributed by atoms with Gasteiger partial charge >= 0.3 is 0 Å². The highest BCUT2D eigenvalue weighted by Crippen LogP contribution is 2.28. The van der Waals surface area contributed by atoms with Gasteiger partial charge < -0.3 is 5.32 Å². The standard InChI is InChI=1S/C16H23N3/c1-10(2)9-17-15-8-14(18-19-15)16-12(4)6-11(3)7-13(16)5/h6-8,10H,9H2,1-5H3,(H2,17,18,19). The Bertz CT molecular complexity index is 544. The SMILES string of the molecule is Cc1cc(C)c(-c2cc(NCC(C)C)n[nH]2)c(C)c1. The third-order valence-corrected chi connectivity index (χ3v) is 3.22. The Morgan fingerprint density at radius 2 is 1.74 bits per heavy atom. The summed E-state index contributed by atoms with van der Waals surface area (Å²) >= 11 is 0. The average Bonchev–Trinajstić information content (AvgIpc) is 2.73. The molecule has 0 saturated heterocycles. The van der Waals surface area contributed by atoms with Crippen LogP contribution in [0.3, 0.4) is 0 Å². The van der Waals surface area contributed by atoms with E-state index in [-0.39, 0.29) is 0 Å². The van der Waals surface area contributed by atoms with E-state index in [1.165, 1.54) is 22.3 Å². The normalized spacial score (nSPS) is 11.1. The van der Waals surface area contributed by atoms with Crippen molar-refractivity contribution in [2.45, 2.75) is 34.6 Å². The smallest absolute Gasteiger partial charge is 0.148 e. The minimum absolute atomic E-state index is 0.614. The molecule has 1 aromatic carbocycles. The lowest BCUT2D eigenvalue weighted by atomic mass is 9.97. The molecule has 0 aliphatic carbocycles. The highest BCUT2D eigenvalue weighted by atomic mass is 15.2. The van der Waals surface area contributed by atoms with Gasteiger partial charge in [-0.3, -0.25) is 5.10 Å². The Labute approximate surface area is 115 Å². The van der Waals surface area contributed by atoms with Crippen LogP contribution in [-0.4, -0.2) is 16.7 Å². The second-order valence-electron chi connectivity index (χ2n) is 5.72. The lowest BCUT2D eigenvalue weighted by Gasteiger charge is -2.09. The summed E-state index contributed by atoms with van der Waals surface area (Å²) in [5, 5.41) is 10.8. The van der Waals surface area contributed by atoms with Gasteiger partial charge in [-0.25, -0.2) is 0 Å². The van der Waals surface area contributed by atoms with Crippen LogP contribution in [0.15, 0.2) is 18.2 Å². The van der Waals surface area contributed by atoms with Crippen molar-refractivity contribution < 1.29 is 0 Å². The minimum Gasteiger partial charge on any atom is -0.368 e. The van der Waals surface area contributed by atoms with Gasteiger partial charge in [-0.05, 0) is 37.8 Å². The molecular weight excluding hydrogens is 234 g/mol. The number of H-pyrrole nitrogens is 1. The number of benzene rings is 1. The van der Waals surface area contributed by atoms with Crippen molar-refractivity contribution in [3.05, 3.63) is 34.9 Å². The number of anilines is 1. The van der Waals surface area contributed by atoms with Crippen LogP contribution in [0.4, 0.5) is 5.82 Å². The zero-order valence-electron chi connectivity index (χ0n) is 12.5. The quantitative estimate of drug-likeness (QED) is 0.866. The monoisotopic (exact) mass is 257 g/mol. The summed E-state index contributed by atoms with van der Waals surface area (Å²) in [6, 6.07) is 6.52. The first-order valence-corrected chi connectivity index (χ1v) is 6.85. The minimum atomic E-state index is 0.614. The molecule has 0 saturated carbocycles. The first-order chi connectivity index (χ1) is 8.97. The van der Waals surface area contributed by atoms with Gasteiger partial charge in [0.25, 0.3) is 0 Å². The fourth-order valence-electron chi connectivity index (χ4n) is 2.45. The van der Waals surface area contributed by atoms with Crippen molar-refractivity contribution in [2.75, 3.05) is 11.9 Å². The maximum absolute atomic E-state index is 4.33. The number of nitrogens with one attached hydrogen (secondary N) is 2. The topological polar surface area (TPSA) is 40.7 Å². The second-order valence-corrected chi connectivity index (χ2v) is 5.72. The molecule has 2 aromatic rings. The van der Waals surface area contributed by atoms with E-state index >= 15 is 0 Å². The van der Waals surface area contributed by atoms with Gasteiger partial charge in [0.2, 0.25) is 0 Å². The number of aryl methyl sites for hydroxylation is 3. The summed E-state index contributed by atoms with van der Waals surface area (Å²) in [7, 11) is 0. The van der Waals surface area contributed by atoms with Gasteiger partial charge in [0.15, 0.2) is 0 Å². The Hall–Kier alpha value is -1.77. The molecule has 3 nitrogen and oxygen atoms in total. The van der Waals surface area contributed by atoms with Crippen molar-refractivity contribution in [2.24, 2.45) is 5.92 Å². The summed E-state index contributed by atoms with van der Waals surface area (Å²) in [6.45, 7) is 11.8. The van der Waals surface area contributed by atoms with Crippen LogP contribution < -0.4 is 5.32 Å². The Kier molecular flexibility index (Phi) is 3.93. The molecule has 3 heteroatoms. The van der Waals surface area contributed by atoms with Crippen molar-refractivity contribution in [3.63, 3.8) is 0 Å². The fraction of sp³-hybridized carbons (Fsp3) is 0.438. The van der Waals surface area contributed by atoms with Crippen LogP contribution >= 0.6 is 0 Å². The first kappa shape index (κ1) is 13.7. The molecule has 0 radical (unpaired) electrons. The molecule has 1 heterocycles. The number of aromatic amines is 1. The van der Waals surface area contributed by atoms with E-state index in [4.69, 9.17) is 0 Å². The van der Waals surface area contributed by atoms with Crippen LogP contribution in [0.5, 0.6) is 0 Å². The van der Waals surface area contributed by atoms with Crippen molar-refractivity contribution >= 4 is 5.82 Å². The molecular formula is C16H23N3. The predicted molar refractivity (Wildman–Crippen MR) is 81.6 cm³/mol. The lowest BCUT2D eigenvalue weighted by molar-refractivity contribution is 0.687. The van der Waals surface area contributed by atoms with Gasteiger partial charge in [-0.2, -0.15) is 5.10 Å². The molecule has 19 heavy (non-hydrogen) atoms. The molecule has 2 rings (SSSR count). The molecule has 0 spiro atoms. The van der Waals surface area contributed by atoms with E-state index < -0.39 is 0 Å². The zero-order chi connectivity index (χ0) is 14.0.